The molecule has 0 atom stereocenters. The van der Waals surface area contributed by atoms with Gasteiger partial charge in [-0.15, -0.1) is 12.4 Å². The molecule has 0 aliphatic carbocycles. The number of hydrogen-bond donors (Lipinski definition) is 1. The van der Waals surface area contributed by atoms with Gasteiger partial charge in [0, 0.05) is 32.4 Å². The van der Waals surface area contributed by atoms with Crippen molar-refractivity contribution in [2.24, 2.45) is 5.92 Å². The molecule has 2 heterocycles. The summed E-state index contributed by atoms with van der Waals surface area (Å²) in [5.74, 6) is 0.951. The van der Waals surface area contributed by atoms with Crippen LogP contribution in [0.15, 0.2) is 18.3 Å². The molecule has 1 saturated heterocycles. The first-order valence-corrected chi connectivity index (χ1v) is 6.31. The Bertz CT molecular complexity index is 420. The zero-order valence-corrected chi connectivity index (χ0v) is 12.1. The van der Waals surface area contributed by atoms with Crippen molar-refractivity contribution in [2.45, 2.75) is 13.8 Å². The van der Waals surface area contributed by atoms with Crippen molar-refractivity contribution in [3.63, 3.8) is 0 Å². The summed E-state index contributed by atoms with van der Waals surface area (Å²) in [5, 5.41) is 3.29. The number of hydrogen-bond acceptors (Lipinski definition) is 5. The van der Waals surface area contributed by atoms with Crippen molar-refractivity contribution >= 4 is 24.2 Å². The third-order valence-electron chi connectivity index (χ3n) is 2.85. The van der Waals surface area contributed by atoms with Gasteiger partial charge in [0.15, 0.2) is 11.6 Å². The van der Waals surface area contributed by atoms with Crippen LogP contribution in [0.4, 0.5) is 5.82 Å². The molecule has 0 radical (unpaired) electrons. The number of carbonyl (C=O) groups is 1. The molecule has 5 nitrogen and oxygen atoms in total. The van der Waals surface area contributed by atoms with Crippen molar-refractivity contribution in [1.29, 1.82) is 0 Å². The van der Waals surface area contributed by atoms with E-state index < -0.39 is 0 Å². The first kappa shape index (κ1) is 15.7. The Morgan fingerprint density at radius 1 is 1.42 bits per heavy atom. The number of anilines is 1. The van der Waals surface area contributed by atoms with Crippen molar-refractivity contribution in [3.8, 4) is 5.75 Å². The average molecular weight is 286 g/mol. The number of aromatic nitrogens is 1. The Kier molecular flexibility index (Phi) is 6.05. The molecule has 19 heavy (non-hydrogen) atoms. The largest absolute Gasteiger partial charge is 0.422 e. The Hall–Kier alpha value is -1.33. The summed E-state index contributed by atoms with van der Waals surface area (Å²) in [4.78, 5) is 18.1. The number of esters is 1. The van der Waals surface area contributed by atoms with Crippen LogP contribution in [0.25, 0.3) is 0 Å². The lowest BCUT2D eigenvalue weighted by atomic mass is 10.2. The van der Waals surface area contributed by atoms with Gasteiger partial charge < -0.3 is 15.0 Å². The Balaban J connectivity index is 0.00000180. The molecule has 0 saturated carbocycles. The summed E-state index contributed by atoms with van der Waals surface area (Å²) in [6.07, 6.45) is 1.73. The number of nitrogens with one attached hydrogen (secondary N) is 1. The van der Waals surface area contributed by atoms with E-state index in [1.165, 1.54) is 0 Å². The van der Waals surface area contributed by atoms with Gasteiger partial charge in [-0.1, -0.05) is 13.8 Å². The van der Waals surface area contributed by atoms with E-state index in [2.05, 4.69) is 15.2 Å². The van der Waals surface area contributed by atoms with Crippen molar-refractivity contribution in [3.05, 3.63) is 18.3 Å². The summed E-state index contributed by atoms with van der Waals surface area (Å²) < 4.78 is 5.40. The number of halogens is 1. The highest BCUT2D eigenvalue weighted by Crippen LogP contribution is 2.26. The molecule has 1 aliphatic rings. The summed E-state index contributed by atoms with van der Waals surface area (Å²) in [5.41, 5.74) is 0. The molecule has 1 aromatic heterocycles. The van der Waals surface area contributed by atoms with Crippen molar-refractivity contribution < 1.29 is 9.53 Å². The molecule has 0 amide bonds. The van der Waals surface area contributed by atoms with Gasteiger partial charge in [0.1, 0.15) is 0 Å². The van der Waals surface area contributed by atoms with Crippen LogP contribution in [0, 0.1) is 5.92 Å². The predicted molar refractivity (Wildman–Crippen MR) is 77.0 cm³/mol. The van der Waals surface area contributed by atoms with E-state index in [9.17, 15) is 4.79 Å². The molecule has 0 bridgehead atoms. The van der Waals surface area contributed by atoms with E-state index in [-0.39, 0.29) is 24.3 Å². The third-order valence-corrected chi connectivity index (χ3v) is 2.85. The van der Waals surface area contributed by atoms with Crippen LogP contribution < -0.4 is 15.0 Å². The van der Waals surface area contributed by atoms with E-state index >= 15 is 0 Å². The van der Waals surface area contributed by atoms with E-state index in [0.29, 0.717) is 5.75 Å². The maximum Gasteiger partial charge on any atom is 0.313 e. The van der Waals surface area contributed by atoms with Crippen molar-refractivity contribution in [2.75, 3.05) is 31.1 Å². The number of piperazine rings is 1. The first-order valence-electron chi connectivity index (χ1n) is 6.31. The van der Waals surface area contributed by atoms with Gasteiger partial charge >= 0.3 is 5.97 Å². The van der Waals surface area contributed by atoms with Gasteiger partial charge in [-0.3, -0.25) is 4.79 Å². The average Bonchev–Trinajstić information content (AvgIpc) is 2.40. The fraction of sp³-hybridized carbons (Fsp3) is 0.538. The van der Waals surface area contributed by atoms with Crippen LogP contribution in [0.5, 0.6) is 5.75 Å². The molecular formula is C13H20ClN3O2. The van der Waals surface area contributed by atoms with Crippen molar-refractivity contribution in [1.82, 2.24) is 10.3 Å². The van der Waals surface area contributed by atoms with Gasteiger partial charge in [-0.2, -0.15) is 0 Å². The lowest BCUT2D eigenvalue weighted by Crippen LogP contribution is -2.44. The quantitative estimate of drug-likeness (QED) is 0.853. The van der Waals surface area contributed by atoms with E-state index in [1.807, 2.05) is 13.8 Å². The molecule has 0 spiro atoms. The van der Waals surface area contributed by atoms with Crippen LogP contribution in [0.2, 0.25) is 0 Å². The number of pyridine rings is 1. The fourth-order valence-electron chi connectivity index (χ4n) is 1.80. The number of nitrogens with zero attached hydrogens (tertiary/aromatic N) is 2. The lowest BCUT2D eigenvalue weighted by molar-refractivity contribution is -0.137. The van der Waals surface area contributed by atoms with Gasteiger partial charge in [0.05, 0.1) is 5.92 Å². The van der Waals surface area contributed by atoms with Crippen LogP contribution in [-0.4, -0.2) is 37.1 Å². The molecule has 106 valence electrons. The summed E-state index contributed by atoms with van der Waals surface area (Å²) in [6, 6.07) is 3.58. The van der Waals surface area contributed by atoms with Crippen LogP contribution in [0.3, 0.4) is 0 Å². The summed E-state index contributed by atoms with van der Waals surface area (Å²) in [6.45, 7) is 7.25. The topological polar surface area (TPSA) is 54.5 Å². The second-order valence-corrected chi connectivity index (χ2v) is 4.64. The molecule has 1 N–H and O–H groups in total. The van der Waals surface area contributed by atoms with E-state index in [0.717, 1.165) is 32.0 Å². The standard InChI is InChI=1S/C13H19N3O2.ClH/c1-10(2)13(17)18-11-4-3-5-15-12(11)16-8-6-14-7-9-16;/h3-5,10,14H,6-9H2,1-2H3;1H. The summed E-state index contributed by atoms with van der Waals surface area (Å²) >= 11 is 0. The minimum atomic E-state index is -0.223. The molecular weight excluding hydrogens is 266 g/mol. The molecule has 1 fully saturated rings. The Labute approximate surface area is 119 Å². The maximum atomic E-state index is 11.7. The van der Waals surface area contributed by atoms with Crippen LogP contribution >= 0.6 is 12.4 Å². The molecule has 1 aromatic rings. The second kappa shape index (κ2) is 7.31. The normalized spacial score (nSPS) is 15.0. The van der Waals surface area contributed by atoms with E-state index in [1.54, 1.807) is 18.3 Å². The zero-order chi connectivity index (χ0) is 13.0. The first-order chi connectivity index (χ1) is 8.68. The lowest BCUT2D eigenvalue weighted by Gasteiger charge is -2.29. The number of rotatable bonds is 3. The Morgan fingerprint density at radius 2 is 2.11 bits per heavy atom. The highest BCUT2D eigenvalue weighted by molar-refractivity contribution is 5.85. The third kappa shape index (κ3) is 4.08. The van der Waals surface area contributed by atoms with E-state index in [4.69, 9.17) is 4.74 Å². The summed E-state index contributed by atoms with van der Waals surface area (Å²) in [7, 11) is 0. The van der Waals surface area contributed by atoms with Crippen LogP contribution in [-0.2, 0) is 4.79 Å². The SMILES string of the molecule is CC(C)C(=O)Oc1cccnc1N1CCNCC1.Cl. The highest BCUT2D eigenvalue weighted by atomic mass is 35.5. The molecule has 6 heteroatoms. The minimum Gasteiger partial charge on any atom is -0.422 e. The number of ether oxygens (including phenoxy) is 1. The molecule has 0 unspecified atom stereocenters. The minimum absolute atomic E-state index is 0. The smallest absolute Gasteiger partial charge is 0.313 e. The van der Waals surface area contributed by atoms with Gasteiger partial charge in [-0.05, 0) is 12.1 Å². The predicted octanol–water partition coefficient (Wildman–Crippen LogP) is 1.47. The van der Waals surface area contributed by atoms with Gasteiger partial charge in [0.2, 0.25) is 0 Å². The van der Waals surface area contributed by atoms with Gasteiger partial charge in [-0.25, -0.2) is 4.98 Å². The fourth-order valence-corrected chi connectivity index (χ4v) is 1.80. The zero-order valence-electron chi connectivity index (χ0n) is 11.3. The molecule has 0 aromatic carbocycles. The molecule has 1 aliphatic heterocycles. The molecule has 2 rings (SSSR count). The second-order valence-electron chi connectivity index (χ2n) is 4.64. The number of carbonyl (C=O) groups excluding carboxylic acids is 1. The van der Waals surface area contributed by atoms with Gasteiger partial charge in [0.25, 0.3) is 0 Å². The monoisotopic (exact) mass is 285 g/mol. The maximum absolute atomic E-state index is 11.7. The van der Waals surface area contributed by atoms with Crippen LogP contribution in [0.1, 0.15) is 13.8 Å². The highest BCUT2D eigenvalue weighted by Gasteiger charge is 2.19. The Morgan fingerprint density at radius 3 is 2.74 bits per heavy atom.